The molecule has 4 aromatic rings. The molecule has 2 aliphatic rings. The van der Waals surface area contributed by atoms with E-state index in [1.807, 2.05) is 57.2 Å². The predicted molar refractivity (Wildman–Crippen MR) is 237 cm³/mol. The van der Waals surface area contributed by atoms with Crippen molar-refractivity contribution in [2.75, 3.05) is 27.2 Å². The highest BCUT2D eigenvalue weighted by Crippen LogP contribution is 2.45. The van der Waals surface area contributed by atoms with Gasteiger partial charge in [0, 0.05) is 55.1 Å². The summed E-state index contributed by atoms with van der Waals surface area (Å²) in [6.07, 6.45) is 0.899. The van der Waals surface area contributed by atoms with Gasteiger partial charge in [0.1, 0.15) is 39.4 Å². The lowest BCUT2D eigenvalue weighted by molar-refractivity contribution is -0.146. The lowest BCUT2D eigenvalue weighted by Crippen LogP contribution is -2.62. The molecular formula is C45H56N6O9S2. The summed E-state index contributed by atoms with van der Waals surface area (Å²) in [7, 11) is -0.818. The molecule has 1 saturated carbocycles. The monoisotopic (exact) mass is 888 g/mol. The van der Waals surface area contributed by atoms with Gasteiger partial charge in [-0.15, -0.1) is 17.9 Å². The summed E-state index contributed by atoms with van der Waals surface area (Å²) >= 11 is 1.10. The lowest BCUT2D eigenvalue weighted by atomic mass is 9.85. The Bertz CT molecular complexity index is 2430. The van der Waals surface area contributed by atoms with Gasteiger partial charge in [-0.2, -0.15) is 4.31 Å². The van der Waals surface area contributed by atoms with Crippen molar-refractivity contribution in [2.24, 2.45) is 16.7 Å². The number of hydrogen-bond acceptors (Lipinski definition) is 10. The number of urea groups is 1. The molecule has 6 rings (SSSR count). The van der Waals surface area contributed by atoms with E-state index < -0.39 is 80.4 Å². The van der Waals surface area contributed by atoms with Crippen molar-refractivity contribution in [1.29, 1.82) is 0 Å². The summed E-state index contributed by atoms with van der Waals surface area (Å²) in [5.74, 6) is -1.92. The second-order valence-corrected chi connectivity index (χ2v) is 21.3. The van der Waals surface area contributed by atoms with Gasteiger partial charge in [-0.05, 0) is 40.8 Å². The Labute approximate surface area is 366 Å². The molecule has 15 nitrogen and oxygen atoms in total. The van der Waals surface area contributed by atoms with Gasteiger partial charge in [0.2, 0.25) is 11.8 Å². The minimum atomic E-state index is -3.83. The number of carbonyl (C=O) groups excluding carboxylic acids is 3. The summed E-state index contributed by atoms with van der Waals surface area (Å²) in [6, 6.07) is 16.1. The third kappa shape index (κ3) is 9.74. The minimum Gasteiger partial charge on any atom is -0.497 e. The number of nitrogens with zero attached hydrogens (tertiary/aromatic N) is 3. The first-order chi connectivity index (χ1) is 29.1. The van der Waals surface area contributed by atoms with Crippen LogP contribution in [0, 0.1) is 16.7 Å². The molecule has 62 heavy (non-hydrogen) atoms. The molecule has 4 amide bonds. The normalized spacial score (nSPS) is 21.2. The Kier molecular flexibility index (Phi) is 13.1. The molecule has 0 spiro atoms. The molecule has 2 aromatic heterocycles. The van der Waals surface area contributed by atoms with Crippen molar-refractivity contribution in [3.63, 3.8) is 0 Å². The Hall–Kier alpha value is -5.52. The van der Waals surface area contributed by atoms with Crippen molar-refractivity contribution in [3.05, 3.63) is 84.8 Å². The number of rotatable bonds is 15. The van der Waals surface area contributed by atoms with E-state index in [1.54, 1.807) is 57.5 Å². The highest BCUT2D eigenvalue weighted by atomic mass is 32.2. The Morgan fingerprint density at radius 3 is 2.32 bits per heavy atom. The van der Waals surface area contributed by atoms with Crippen molar-refractivity contribution in [1.82, 2.24) is 30.1 Å². The number of nitrogens with one attached hydrogen (secondary N) is 3. The molecule has 0 radical (unpaired) electrons. The average molecular weight is 889 g/mol. The second kappa shape index (κ2) is 17.7. The zero-order chi connectivity index (χ0) is 45.4. The number of aromatic nitrogens is 1. The number of likely N-dealkylation sites (tertiary alicyclic amines) is 1. The van der Waals surface area contributed by atoms with E-state index in [9.17, 15) is 32.7 Å². The number of sulfonamides is 1. The molecule has 3 heterocycles. The van der Waals surface area contributed by atoms with Crippen LogP contribution in [-0.4, -0.2) is 109 Å². The van der Waals surface area contributed by atoms with Crippen LogP contribution >= 0.6 is 11.3 Å². The van der Waals surface area contributed by atoms with Crippen LogP contribution in [0.15, 0.2) is 89.0 Å². The fourth-order valence-corrected chi connectivity index (χ4v) is 10.0. The quantitative estimate of drug-likeness (QED) is 0.104. The summed E-state index contributed by atoms with van der Waals surface area (Å²) in [4.78, 5) is 61.9. The van der Waals surface area contributed by atoms with Crippen LogP contribution in [0.1, 0.15) is 54.4 Å². The molecule has 1 saturated heterocycles. The summed E-state index contributed by atoms with van der Waals surface area (Å²) in [5.41, 5.74) is -1.02. The molecule has 2 fully saturated rings. The molecule has 0 bridgehead atoms. The van der Waals surface area contributed by atoms with E-state index in [0.717, 1.165) is 16.9 Å². The van der Waals surface area contributed by atoms with Crippen LogP contribution in [-0.2, 0) is 24.4 Å². The number of thiophene rings is 1. The van der Waals surface area contributed by atoms with Crippen LogP contribution in [0.2, 0.25) is 0 Å². The van der Waals surface area contributed by atoms with E-state index in [4.69, 9.17) is 14.5 Å². The number of carbonyl (C=O) groups is 4. The number of ether oxygens (including phenoxy) is 2. The number of aliphatic carboxylic acids is 1. The molecule has 1 aliphatic carbocycles. The van der Waals surface area contributed by atoms with Crippen molar-refractivity contribution >= 4 is 56.1 Å². The van der Waals surface area contributed by atoms with Gasteiger partial charge in [0.05, 0.1) is 24.9 Å². The van der Waals surface area contributed by atoms with Crippen LogP contribution in [0.25, 0.3) is 22.2 Å². The molecule has 332 valence electrons. The third-order valence-electron chi connectivity index (χ3n) is 11.6. The number of amides is 4. The second-order valence-electron chi connectivity index (χ2n) is 18.1. The SMILES string of the molecule is C=CC1C[C@]1(NC(=O)[C@@H]1C[C@@H](Oc2cc(-c3ccccc3)nc3cc(OC)ccc23)CN1C(=O)[C@@H](NC(=O)N[C@H](CN(C)S(=O)(=O)c1cccs1)C(C)(C)C)C(C)(C)C)C(=O)O. The van der Waals surface area contributed by atoms with E-state index in [1.165, 1.54) is 28.4 Å². The number of benzene rings is 2. The Morgan fingerprint density at radius 2 is 1.74 bits per heavy atom. The highest BCUT2D eigenvalue weighted by Gasteiger charge is 2.61. The maximum Gasteiger partial charge on any atom is 0.330 e. The summed E-state index contributed by atoms with van der Waals surface area (Å²) in [6.45, 7) is 14.5. The predicted octanol–water partition coefficient (Wildman–Crippen LogP) is 5.92. The van der Waals surface area contributed by atoms with E-state index >= 15 is 0 Å². The standard InChI is InChI=1S/C45H56N6O9S2/c1-10-28-24-45(28,41(54)55)49-39(52)34-22-30(60-35-23-32(27-15-12-11-13-16-27)46-33-21-29(59-9)18-19-31(33)35)25-51(34)40(53)38(44(5,6)7)48-42(56)47-36(43(2,3)4)26-50(8)62(57,58)37-17-14-20-61-37/h10-21,23,28,30,34,36,38H,1,22,24-26H2,2-9H3,(H,49,52)(H,54,55)(H2,47,48,56)/t28?,30-,34+,36-,38-,45-/m1/s1. The largest absolute Gasteiger partial charge is 0.497 e. The van der Waals surface area contributed by atoms with Gasteiger partial charge < -0.3 is 35.4 Å². The number of likely N-dealkylation sites (N-methyl/N-ethyl adjacent to an activating group) is 1. The van der Waals surface area contributed by atoms with Crippen LogP contribution in [0.4, 0.5) is 4.79 Å². The number of carboxylic acid groups (broad SMARTS) is 1. The first-order valence-electron chi connectivity index (χ1n) is 20.3. The molecule has 6 atom stereocenters. The van der Waals surface area contributed by atoms with Crippen LogP contribution in [0.5, 0.6) is 11.5 Å². The van der Waals surface area contributed by atoms with Gasteiger partial charge in [0.15, 0.2) is 0 Å². The average Bonchev–Trinajstić information content (AvgIpc) is 3.50. The smallest absolute Gasteiger partial charge is 0.330 e. The van der Waals surface area contributed by atoms with E-state index in [-0.39, 0.29) is 30.1 Å². The van der Waals surface area contributed by atoms with Gasteiger partial charge in [-0.25, -0.2) is 23.0 Å². The zero-order valence-corrected chi connectivity index (χ0v) is 37.9. The fraction of sp³-hybridized carbons (Fsp3) is 0.444. The zero-order valence-electron chi connectivity index (χ0n) is 36.3. The minimum absolute atomic E-state index is 0.00682. The fourth-order valence-electron chi connectivity index (χ4n) is 7.63. The summed E-state index contributed by atoms with van der Waals surface area (Å²) in [5, 5.41) is 21.0. The molecule has 1 unspecified atom stereocenters. The molecule has 4 N–H and O–H groups in total. The molecule has 1 aliphatic heterocycles. The Morgan fingerprint density at radius 1 is 1.03 bits per heavy atom. The number of carboxylic acids is 1. The maximum absolute atomic E-state index is 14.9. The van der Waals surface area contributed by atoms with E-state index in [0.29, 0.717) is 28.1 Å². The molecular weight excluding hydrogens is 833 g/mol. The number of fused-ring (bicyclic) bond motifs is 1. The summed E-state index contributed by atoms with van der Waals surface area (Å²) < 4.78 is 40.2. The molecule has 17 heteroatoms. The topological polar surface area (TPSA) is 197 Å². The number of methoxy groups -OCH3 is 1. The van der Waals surface area contributed by atoms with Crippen molar-refractivity contribution < 1.29 is 42.2 Å². The van der Waals surface area contributed by atoms with E-state index in [2.05, 4.69) is 22.5 Å². The van der Waals surface area contributed by atoms with Crippen LogP contribution in [0.3, 0.4) is 0 Å². The maximum atomic E-state index is 14.9. The van der Waals surface area contributed by atoms with Gasteiger partial charge >= 0.3 is 12.0 Å². The van der Waals surface area contributed by atoms with Crippen molar-refractivity contribution in [3.8, 4) is 22.8 Å². The van der Waals surface area contributed by atoms with Gasteiger partial charge in [0.25, 0.3) is 10.0 Å². The first-order valence-corrected chi connectivity index (χ1v) is 22.7. The van der Waals surface area contributed by atoms with Crippen LogP contribution < -0.4 is 25.4 Å². The number of pyridine rings is 1. The number of hydrogen-bond donors (Lipinski definition) is 4. The Balaban J connectivity index is 1.30. The van der Waals surface area contributed by atoms with Gasteiger partial charge in [-0.3, -0.25) is 9.59 Å². The third-order valence-corrected chi connectivity index (χ3v) is 14.8. The van der Waals surface area contributed by atoms with Gasteiger partial charge in [-0.1, -0.05) is 84.0 Å². The first kappa shape index (κ1) is 46.0. The highest BCUT2D eigenvalue weighted by molar-refractivity contribution is 7.91. The lowest BCUT2D eigenvalue weighted by Gasteiger charge is -2.37. The molecule has 2 aromatic carbocycles. The van der Waals surface area contributed by atoms with Crippen molar-refractivity contribution in [2.45, 2.75) is 88.4 Å².